The molecule has 0 aliphatic carbocycles. The van der Waals surface area contributed by atoms with Crippen LogP contribution in [0.1, 0.15) is 41.4 Å². The van der Waals surface area contributed by atoms with Crippen LogP contribution in [0.15, 0.2) is 42.5 Å². The number of carbonyl (C=O) groups is 4. The molecule has 0 unspecified atom stereocenters. The summed E-state index contributed by atoms with van der Waals surface area (Å²) in [6.07, 6.45) is 0. The molecule has 9 heteroatoms. The van der Waals surface area contributed by atoms with Crippen molar-refractivity contribution < 1.29 is 44.7 Å². The second-order valence-corrected chi connectivity index (χ2v) is 4.57. The number of carboxylic acids is 4. The summed E-state index contributed by atoms with van der Waals surface area (Å²) < 4.78 is 0. The number of phenolic OH excluding ortho intramolecular Hbond substituents is 1. The van der Waals surface area contributed by atoms with Crippen LogP contribution in [-0.2, 0) is 0 Å². The normalized spacial score (nSPS) is 9.44. The van der Waals surface area contributed by atoms with Gasteiger partial charge < -0.3 is 25.5 Å². The van der Waals surface area contributed by atoms with Gasteiger partial charge in [-0.25, -0.2) is 19.2 Å². The van der Waals surface area contributed by atoms with E-state index in [1.807, 2.05) is 0 Å². The van der Waals surface area contributed by atoms with Crippen molar-refractivity contribution in [2.45, 2.75) is 0 Å². The van der Waals surface area contributed by atoms with Gasteiger partial charge >= 0.3 is 23.9 Å². The number of aromatic carboxylic acids is 4. The minimum atomic E-state index is -1.28. The molecule has 0 atom stereocenters. The summed E-state index contributed by atoms with van der Waals surface area (Å²) >= 11 is 0. The highest BCUT2D eigenvalue weighted by atomic mass is 16.4. The first kappa shape index (κ1) is 19.2. The SMILES string of the molecule is O=C(O)c1cc(O)cc(C(=O)O)c1.O=C(O)c1cccc(C(=O)O)c1. The van der Waals surface area contributed by atoms with Crippen LogP contribution in [0.25, 0.3) is 0 Å². The van der Waals surface area contributed by atoms with Crippen molar-refractivity contribution in [3.05, 3.63) is 64.7 Å². The van der Waals surface area contributed by atoms with Crippen LogP contribution in [0, 0.1) is 0 Å². The highest BCUT2D eigenvalue weighted by Gasteiger charge is 2.10. The molecule has 0 bridgehead atoms. The van der Waals surface area contributed by atoms with Crippen LogP contribution >= 0.6 is 0 Å². The minimum absolute atomic E-state index is 0.0186. The molecule has 0 saturated carbocycles. The molecule has 0 radical (unpaired) electrons. The average molecular weight is 348 g/mol. The van der Waals surface area contributed by atoms with Crippen LogP contribution in [0.4, 0.5) is 0 Å². The van der Waals surface area contributed by atoms with Crippen LogP contribution in [-0.4, -0.2) is 49.4 Å². The highest BCUT2D eigenvalue weighted by molar-refractivity contribution is 5.94. The van der Waals surface area contributed by atoms with Crippen molar-refractivity contribution in [1.82, 2.24) is 0 Å². The van der Waals surface area contributed by atoms with Gasteiger partial charge in [-0.15, -0.1) is 0 Å². The van der Waals surface area contributed by atoms with E-state index in [0.29, 0.717) is 0 Å². The molecule has 130 valence electrons. The number of carboxylic acid groups (broad SMARTS) is 4. The van der Waals surface area contributed by atoms with Gasteiger partial charge in [0.2, 0.25) is 0 Å². The Balaban J connectivity index is 0.000000251. The number of hydrogen-bond acceptors (Lipinski definition) is 5. The summed E-state index contributed by atoms with van der Waals surface area (Å²) in [5.41, 5.74) is -0.542. The standard InChI is InChI=1S/C8H6O5.C8H6O4/c9-6-2-4(7(10)11)1-5(3-6)8(12)13;9-7(10)5-2-1-3-6(4-5)8(11)12/h1-3,9H,(H,10,11)(H,12,13);1-4H,(H,9,10)(H,11,12). The first-order valence-corrected chi connectivity index (χ1v) is 6.49. The summed E-state index contributed by atoms with van der Waals surface area (Å²) in [6.45, 7) is 0. The smallest absolute Gasteiger partial charge is 0.335 e. The molecular weight excluding hydrogens is 336 g/mol. The van der Waals surface area contributed by atoms with Gasteiger partial charge in [-0.1, -0.05) is 6.07 Å². The molecule has 25 heavy (non-hydrogen) atoms. The zero-order valence-corrected chi connectivity index (χ0v) is 12.4. The van der Waals surface area contributed by atoms with Crippen LogP contribution in [0.3, 0.4) is 0 Å². The average Bonchev–Trinajstić information content (AvgIpc) is 2.54. The van der Waals surface area contributed by atoms with Gasteiger partial charge in [0.05, 0.1) is 22.3 Å². The monoisotopic (exact) mass is 348 g/mol. The Kier molecular flexibility index (Phi) is 6.22. The maximum absolute atomic E-state index is 10.4. The van der Waals surface area contributed by atoms with Crippen molar-refractivity contribution in [1.29, 1.82) is 0 Å². The fraction of sp³-hybridized carbons (Fsp3) is 0. The third-order valence-electron chi connectivity index (χ3n) is 2.77. The second kappa shape index (κ2) is 8.11. The lowest BCUT2D eigenvalue weighted by Gasteiger charge is -1.98. The molecule has 2 aromatic carbocycles. The van der Waals surface area contributed by atoms with Gasteiger partial charge in [-0.2, -0.15) is 0 Å². The van der Waals surface area contributed by atoms with E-state index < -0.39 is 23.9 Å². The predicted octanol–water partition coefficient (Wildman–Crippen LogP) is 1.87. The molecule has 0 amide bonds. The van der Waals surface area contributed by atoms with Crippen LogP contribution in [0.5, 0.6) is 5.75 Å². The summed E-state index contributed by atoms with van der Waals surface area (Å²) in [7, 11) is 0. The summed E-state index contributed by atoms with van der Waals surface area (Å²) in [6, 6.07) is 8.13. The number of phenols is 1. The van der Waals surface area contributed by atoms with Gasteiger partial charge in [-0.3, -0.25) is 0 Å². The van der Waals surface area contributed by atoms with Crippen molar-refractivity contribution in [3.63, 3.8) is 0 Å². The Morgan fingerprint density at radius 2 is 0.880 bits per heavy atom. The molecule has 0 spiro atoms. The Bertz CT molecular complexity index is 778. The van der Waals surface area contributed by atoms with E-state index in [2.05, 4.69) is 0 Å². The summed E-state index contributed by atoms with van der Waals surface area (Å²) in [4.78, 5) is 41.6. The van der Waals surface area contributed by atoms with Gasteiger partial charge in [0.25, 0.3) is 0 Å². The zero-order valence-electron chi connectivity index (χ0n) is 12.4. The molecule has 2 aromatic rings. The first-order valence-electron chi connectivity index (χ1n) is 6.49. The maximum atomic E-state index is 10.4. The number of rotatable bonds is 4. The lowest BCUT2D eigenvalue weighted by atomic mass is 10.1. The second-order valence-electron chi connectivity index (χ2n) is 4.57. The van der Waals surface area contributed by atoms with E-state index in [-0.39, 0.29) is 28.0 Å². The Labute approximate surface area is 140 Å². The predicted molar refractivity (Wildman–Crippen MR) is 82.4 cm³/mol. The van der Waals surface area contributed by atoms with Gasteiger partial charge in [0.1, 0.15) is 5.75 Å². The molecule has 0 saturated heterocycles. The Morgan fingerprint density at radius 3 is 1.20 bits per heavy atom. The molecule has 2 rings (SSSR count). The largest absolute Gasteiger partial charge is 0.508 e. The third kappa shape index (κ3) is 5.67. The van der Waals surface area contributed by atoms with E-state index in [0.717, 1.165) is 24.3 Å². The Hall–Kier alpha value is -3.88. The van der Waals surface area contributed by atoms with E-state index in [1.165, 1.54) is 18.2 Å². The molecule has 0 aliphatic heterocycles. The lowest BCUT2D eigenvalue weighted by molar-refractivity contribution is 0.0676. The van der Waals surface area contributed by atoms with E-state index in [9.17, 15) is 19.2 Å². The minimum Gasteiger partial charge on any atom is -0.508 e. The zero-order chi connectivity index (χ0) is 19.1. The molecule has 5 N–H and O–H groups in total. The number of benzene rings is 2. The van der Waals surface area contributed by atoms with Crippen molar-refractivity contribution in [2.75, 3.05) is 0 Å². The fourth-order valence-electron chi connectivity index (χ4n) is 1.64. The molecule has 0 aliphatic rings. The van der Waals surface area contributed by atoms with Gasteiger partial charge in [0.15, 0.2) is 0 Å². The fourth-order valence-corrected chi connectivity index (χ4v) is 1.64. The van der Waals surface area contributed by atoms with E-state index in [1.54, 1.807) is 0 Å². The molecule has 0 fully saturated rings. The number of hydrogen-bond donors (Lipinski definition) is 5. The third-order valence-corrected chi connectivity index (χ3v) is 2.77. The first-order chi connectivity index (χ1) is 11.6. The molecule has 9 nitrogen and oxygen atoms in total. The summed E-state index contributed by atoms with van der Waals surface area (Å²) in [5, 5.41) is 43.0. The summed E-state index contributed by atoms with van der Waals surface area (Å²) in [5.74, 6) is -5.19. The van der Waals surface area contributed by atoms with E-state index >= 15 is 0 Å². The van der Waals surface area contributed by atoms with Crippen LogP contribution < -0.4 is 0 Å². The van der Waals surface area contributed by atoms with Crippen LogP contribution in [0.2, 0.25) is 0 Å². The lowest BCUT2D eigenvalue weighted by Crippen LogP contribution is -2.01. The maximum Gasteiger partial charge on any atom is 0.335 e. The quantitative estimate of drug-likeness (QED) is 0.553. The Morgan fingerprint density at radius 1 is 0.560 bits per heavy atom. The van der Waals surface area contributed by atoms with E-state index in [4.69, 9.17) is 25.5 Å². The van der Waals surface area contributed by atoms with Gasteiger partial charge in [-0.05, 0) is 36.4 Å². The van der Waals surface area contributed by atoms with Crippen molar-refractivity contribution >= 4 is 23.9 Å². The molecule has 0 aromatic heterocycles. The number of aromatic hydroxyl groups is 1. The van der Waals surface area contributed by atoms with Crippen molar-refractivity contribution in [2.24, 2.45) is 0 Å². The van der Waals surface area contributed by atoms with Gasteiger partial charge in [0, 0.05) is 0 Å². The molecular formula is C16H12O9. The van der Waals surface area contributed by atoms with Crippen molar-refractivity contribution in [3.8, 4) is 5.75 Å². The molecule has 0 heterocycles. The highest BCUT2D eigenvalue weighted by Crippen LogP contribution is 2.15. The topological polar surface area (TPSA) is 169 Å².